The molecule has 1 radical (unpaired) electrons. The second-order valence-electron chi connectivity index (χ2n) is 2.01. The van der Waals surface area contributed by atoms with E-state index in [4.69, 9.17) is 4.74 Å². The van der Waals surface area contributed by atoms with Crippen LogP contribution in [0.15, 0.2) is 0 Å². The van der Waals surface area contributed by atoms with Crippen LogP contribution in [-0.4, -0.2) is 25.7 Å². The Morgan fingerprint density at radius 1 is 1.60 bits per heavy atom. The second-order valence-corrected chi connectivity index (χ2v) is 2.01. The van der Waals surface area contributed by atoms with Crippen LogP contribution in [0.5, 0.6) is 0 Å². The molecule has 10 heavy (non-hydrogen) atoms. The Hall–Kier alpha value is 0.534. The van der Waals surface area contributed by atoms with E-state index in [1.54, 1.807) is 7.05 Å². The van der Waals surface area contributed by atoms with Gasteiger partial charge in [-0.3, -0.25) is 4.79 Å². The third-order valence-electron chi connectivity index (χ3n) is 0.654. The van der Waals surface area contributed by atoms with E-state index in [2.05, 4.69) is 5.32 Å². The number of nitrogens with zero attached hydrogens (tertiary/aromatic N) is 1. The summed E-state index contributed by atoms with van der Waals surface area (Å²) in [5.74, 6) is -0.257. The summed E-state index contributed by atoms with van der Waals surface area (Å²) in [7, 11) is 1.58. The molecule has 4 heteroatoms. The average Bonchev–Trinajstić information content (AvgIpc) is 1.63. The molecule has 0 aromatic rings. The van der Waals surface area contributed by atoms with Crippen molar-refractivity contribution in [3.8, 4) is 0 Å². The average molecular weight is 219 g/mol. The van der Waals surface area contributed by atoms with Gasteiger partial charge in [0.15, 0.2) is 0 Å². The van der Waals surface area contributed by atoms with Gasteiger partial charge in [0.05, 0.1) is 6.10 Å². The first-order valence-electron chi connectivity index (χ1n) is 2.92. The van der Waals surface area contributed by atoms with Gasteiger partial charge in [0.1, 0.15) is 0 Å². The molecular formula is C6H12NO2Y-. The zero-order valence-electron chi connectivity index (χ0n) is 6.63. The van der Waals surface area contributed by atoms with Gasteiger partial charge in [0.25, 0.3) is 5.97 Å². The molecule has 0 aliphatic rings. The molecule has 3 nitrogen and oxygen atoms in total. The maximum absolute atomic E-state index is 10.5. The molecule has 0 aromatic carbocycles. The molecule has 0 N–H and O–H groups in total. The summed E-state index contributed by atoms with van der Waals surface area (Å²) in [5.41, 5.74) is 0. The minimum Gasteiger partial charge on any atom is -0.656 e. The number of hydrogen-bond donors (Lipinski definition) is 0. The SMILES string of the molecule is C[N-]CC(=O)OC(C)C.[Y]. The van der Waals surface area contributed by atoms with Gasteiger partial charge in [0, 0.05) is 32.7 Å². The number of likely N-dealkylation sites (N-methyl/N-ethyl adjacent to an activating group) is 1. The van der Waals surface area contributed by atoms with Gasteiger partial charge < -0.3 is 10.1 Å². The zero-order valence-corrected chi connectivity index (χ0v) is 9.46. The summed E-state index contributed by atoms with van der Waals surface area (Å²) in [4.78, 5) is 10.5. The molecule has 0 aliphatic heterocycles. The minimum absolute atomic E-state index is 0. The Morgan fingerprint density at radius 3 is 2.40 bits per heavy atom. The first kappa shape index (κ1) is 13.1. The maximum atomic E-state index is 10.5. The molecule has 0 heterocycles. The fourth-order valence-electron chi connectivity index (χ4n) is 0.429. The fourth-order valence-corrected chi connectivity index (χ4v) is 0.429. The van der Waals surface area contributed by atoms with Crippen molar-refractivity contribution in [2.75, 3.05) is 13.6 Å². The van der Waals surface area contributed by atoms with E-state index >= 15 is 0 Å². The van der Waals surface area contributed by atoms with Crippen LogP contribution in [0.1, 0.15) is 13.8 Å². The van der Waals surface area contributed by atoms with Crippen LogP contribution in [0.2, 0.25) is 0 Å². The van der Waals surface area contributed by atoms with Crippen molar-refractivity contribution in [1.29, 1.82) is 0 Å². The van der Waals surface area contributed by atoms with E-state index in [1.807, 2.05) is 13.8 Å². The van der Waals surface area contributed by atoms with Crippen molar-refractivity contribution < 1.29 is 42.2 Å². The van der Waals surface area contributed by atoms with E-state index in [-0.39, 0.29) is 51.3 Å². The van der Waals surface area contributed by atoms with Crippen LogP contribution < -0.4 is 0 Å². The van der Waals surface area contributed by atoms with Crippen molar-refractivity contribution in [3.63, 3.8) is 0 Å². The number of esters is 1. The molecule has 0 saturated carbocycles. The zero-order chi connectivity index (χ0) is 7.28. The van der Waals surface area contributed by atoms with Gasteiger partial charge in [-0.2, -0.15) is 7.05 Å². The van der Waals surface area contributed by atoms with Crippen molar-refractivity contribution in [1.82, 2.24) is 0 Å². The van der Waals surface area contributed by atoms with Crippen molar-refractivity contribution in [2.45, 2.75) is 20.0 Å². The smallest absolute Gasteiger partial charge is 0.285 e. The molecule has 0 fully saturated rings. The van der Waals surface area contributed by atoms with Crippen molar-refractivity contribution >= 4 is 5.97 Å². The Balaban J connectivity index is 0. The number of hydrogen-bond acceptors (Lipinski definition) is 2. The Kier molecular flexibility index (Phi) is 10.0. The minimum atomic E-state index is -0.257. The summed E-state index contributed by atoms with van der Waals surface area (Å²) in [6.07, 6.45) is -0.0285. The van der Waals surface area contributed by atoms with Gasteiger partial charge in [0.2, 0.25) is 0 Å². The molecule has 0 saturated heterocycles. The molecule has 0 rings (SSSR count). The van der Waals surface area contributed by atoms with Gasteiger partial charge >= 0.3 is 0 Å². The molecule has 0 amide bonds. The van der Waals surface area contributed by atoms with Crippen LogP contribution in [0, 0.1) is 0 Å². The van der Waals surface area contributed by atoms with E-state index in [0.717, 1.165) is 0 Å². The van der Waals surface area contributed by atoms with E-state index in [1.165, 1.54) is 0 Å². The standard InChI is InChI=1S/C6H12NO2.Y/c1-5(2)9-6(8)4-7-3;/h5H,4H2,1-3H3;/q-1;. The monoisotopic (exact) mass is 219 g/mol. The molecule has 0 aromatic heterocycles. The number of carbonyl (C=O) groups is 1. The van der Waals surface area contributed by atoms with Gasteiger partial charge in [-0.25, -0.2) is 0 Å². The van der Waals surface area contributed by atoms with E-state index in [9.17, 15) is 4.79 Å². The summed E-state index contributed by atoms with van der Waals surface area (Å²) < 4.78 is 4.76. The van der Waals surface area contributed by atoms with Crippen LogP contribution >= 0.6 is 0 Å². The van der Waals surface area contributed by atoms with Crippen molar-refractivity contribution in [2.24, 2.45) is 0 Å². The molecule has 57 valence electrons. The van der Waals surface area contributed by atoms with E-state index in [0.29, 0.717) is 0 Å². The summed E-state index contributed by atoms with van der Waals surface area (Å²) in [5, 5.41) is 3.61. The summed E-state index contributed by atoms with van der Waals surface area (Å²) in [6.45, 7) is 3.79. The summed E-state index contributed by atoms with van der Waals surface area (Å²) in [6, 6.07) is 0. The van der Waals surface area contributed by atoms with Crippen LogP contribution in [0.4, 0.5) is 0 Å². The molecule has 0 unspecified atom stereocenters. The third kappa shape index (κ3) is 8.53. The Bertz CT molecular complexity index is 95.7. The number of rotatable bonds is 3. The first-order valence-corrected chi connectivity index (χ1v) is 2.92. The largest absolute Gasteiger partial charge is 0.656 e. The Labute approximate surface area is 86.8 Å². The van der Waals surface area contributed by atoms with Crippen LogP contribution in [0.3, 0.4) is 0 Å². The van der Waals surface area contributed by atoms with E-state index < -0.39 is 0 Å². The number of carbonyl (C=O) groups excluding carboxylic acids is 1. The molecular weight excluding hydrogens is 207 g/mol. The third-order valence-corrected chi connectivity index (χ3v) is 0.654. The summed E-state index contributed by atoms with van der Waals surface area (Å²) >= 11 is 0. The molecule has 0 spiro atoms. The van der Waals surface area contributed by atoms with Gasteiger partial charge in [-0.05, 0) is 20.4 Å². The quantitative estimate of drug-likeness (QED) is 0.662. The molecule has 0 bridgehead atoms. The van der Waals surface area contributed by atoms with Crippen LogP contribution in [-0.2, 0) is 42.2 Å². The predicted octanol–water partition coefficient (Wildman–Crippen LogP) is 0.939. The number of ether oxygens (including phenoxy) is 1. The Morgan fingerprint density at radius 2 is 2.10 bits per heavy atom. The van der Waals surface area contributed by atoms with Gasteiger partial charge in [-0.1, -0.05) is 0 Å². The maximum Gasteiger partial charge on any atom is 0.285 e. The second kappa shape index (κ2) is 7.64. The molecule has 0 aliphatic carbocycles. The topological polar surface area (TPSA) is 40.4 Å². The fraction of sp³-hybridized carbons (Fsp3) is 0.833. The van der Waals surface area contributed by atoms with Crippen LogP contribution in [0.25, 0.3) is 5.32 Å². The van der Waals surface area contributed by atoms with Crippen molar-refractivity contribution in [3.05, 3.63) is 5.32 Å². The van der Waals surface area contributed by atoms with Gasteiger partial charge in [-0.15, -0.1) is 0 Å². The molecule has 0 atom stereocenters. The first-order chi connectivity index (χ1) is 4.16. The normalized spacial score (nSPS) is 8.80. The predicted molar refractivity (Wildman–Crippen MR) is 35.4 cm³/mol.